The average Bonchev–Trinajstić information content (AvgIpc) is 2.98. The average molecular weight is 291 g/mol. The molecule has 0 spiro atoms. The van der Waals surface area contributed by atoms with Crippen molar-refractivity contribution in [1.82, 2.24) is 9.80 Å². The fraction of sp³-hybridized carbons (Fsp3) is 0.467. The third-order valence-corrected chi connectivity index (χ3v) is 3.94. The summed E-state index contributed by atoms with van der Waals surface area (Å²) in [5.41, 5.74) is 1.49. The Bertz CT molecular complexity index is 551. The van der Waals surface area contributed by atoms with Gasteiger partial charge < -0.3 is 14.6 Å². The van der Waals surface area contributed by atoms with Crippen LogP contribution in [0.3, 0.4) is 0 Å². The molecule has 1 saturated heterocycles. The number of carbonyl (C=O) groups is 1. The number of carbonyl (C=O) groups excluding carboxylic acids is 1. The number of rotatable bonds is 2. The van der Waals surface area contributed by atoms with Crippen LogP contribution in [0.4, 0.5) is 4.39 Å². The molecule has 0 radical (unpaired) electrons. The summed E-state index contributed by atoms with van der Waals surface area (Å²) in [6.07, 6.45) is -0.106. The third kappa shape index (κ3) is 3.05. The first kappa shape index (κ1) is 14.0. The predicted molar refractivity (Wildman–Crippen MR) is 76.5 cm³/mol. The molecule has 5 nitrogen and oxygen atoms in total. The normalized spacial score (nSPS) is 22.9. The summed E-state index contributed by atoms with van der Waals surface area (Å²) in [4.78, 5) is 21.7. The molecule has 21 heavy (non-hydrogen) atoms. The third-order valence-electron chi connectivity index (χ3n) is 3.94. The van der Waals surface area contributed by atoms with Crippen molar-refractivity contribution in [2.45, 2.75) is 12.5 Å². The highest BCUT2D eigenvalue weighted by molar-refractivity contribution is 6.04. The lowest BCUT2D eigenvalue weighted by atomic mass is 10.0. The van der Waals surface area contributed by atoms with Crippen LogP contribution in [0.2, 0.25) is 0 Å². The lowest BCUT2D eigenvalue weighted by molar-refractivity contribution is -0.143. The van der Waals surface area contributed by atoms with E-state index >= 15 is 0 Å². The molecule has 2 aliphatic heterocycles. The lowest BCUT2D eigenvalue weighted by Crippen LogP contribution is -2.50. The maximum Gasteiger partial charge on any atom is 0.266 e. The smallest absolute Gasteiger partial charge is 0.266 e. The first-order chi connectivity index (χ1) is 10.1. The second kappa shape index (κ2) is 5.81. The molecule has 2 heterocycles. The van der Waals surface area contributed by atoms with Crippen LogP contribution >= 0.6 is 0 Å². The Morgan fingerprint density at radius 1 is 1.24 bits per heavy atom. The van der Waals surface area contributed by atoms with Gasteiger partial charge in [-0.05, 0) is 24.7 Å². The van der Waals surface area contributed by atoms with E-state index in [1.807, 2.05) is 11.9 Å². The standard InChI is InChI=1S/C15H18FN3O2/c1-18-6-8-19(9-7-18)15(20)14-10-13(17-21-14)11-2-4-12(16)5-3-11/h2-5,14H,6-10H2,1H3/t14-/m1/s1. The van der Waals surface area contributed by atoms with E-state index in [2.05, 4.69) is 10.1 Å². The number of oxime groups is 1. The van der Waals surface area contributed by atoms with E-state index in [1.165, 1.54) is 12.1 Å². The Hall–Kier alpha value is -1.95. The van der Waals surface area contributed by atoms with Gasteiger partial charge in [-0.15, -0.1) is 0 Å². The van der Waals surface area contributed by atoms with Gasteiger partial charge >= 0.3 is 0 Å². The van der Waals surface area contributed by atoms with Gasteiger partial charge in [0.25, 0.3) is 5.91 Å². The molecular formula is C15H18FN3O2. The number of amides is 1. The summed E-state index contributed by atoms with van der Waals surface area (Å²) >= 11 is 0. The molecule has 0 aliphatic carbocycles. The summed E-state index contributed by atoms with van der Waals surface area (Å²) < 4.78 is 12.9. The van der Waals surface area contributed by atoms with Crippen LogP contribution in [-0.4, -0.2) is 60.7 Å². The van der Waals surface area contributed by atoms with Crippen molar-refractivity contribution in [1.29, 1.82) is 0 Å². The van der Waals surface area contributed by atoms with Crippen LogP contribution in [0.15, 0.2) is 29.4 Å². The summed E-state index contributed by atoms with van der Waals surface area (Å²) in [5.74, 6) is -0.299. The maximum atomic E-state index is 12.9. The van der Waals surface area contributed by atoms with Crippen molar-refractivity contribution in [3.05, 3.63) is 35.6 Å². The topological polar surface area (TPSA) is 45.1 Å². The van der Waals surface area contributed by atoms with E-state index in [4.69, 9.17) is 4.84 Å². The Morgan fingerprint density at radius 3 is 2.57 bits per heavy atom. The Labute approximate surface area is 123 Å². The van der Waals surface area contributed by atoms with Crippen LogP contribution in [0.25, 0.3) is 0 Å². The van der Waals surface area contributed by atoms with Gasteiger partial charge in [0, 0.05) is 32.6 Å². The molecule has 1 aromatic carbocycles. The minimum Gasteiger partial charge on any atom is -0.382 e. The van der Waals surface area contributed by atoms with Gasteiger partial charge in [0.15, 0.2) is 0 Å². The minimum atomic E-state index is -0.548. The molecule has 0 aromatic heterocycles. The summed E-state index contributed by atoms with van der Waals surface area (Å²) in [7, 11) is 2.05. The molecule has 0 bridgehead atoms. The highest BCUT2D eigenvalue weighted by Crippen LogP contribution is 2.19. The molecule has 3 rings (SSSR count). The van der Waals surface area contributed by atoms with Crippen LogP contribution < -0.4 is 0 Å². The van der Waals surface area contributed by atoms with Crippen molar-refractivity contribution in [2.24, 2.45) is 5.16 Å². The highest BCUT2D eigenvalue weighted by atomic mass is 19.1. The lowest BCUT2D eigenvalue weighted by Gasteiger charge is -2.33. The molecule has 1 amide bonds. The van der Waals surface area contributed by atoms with Gasteiger partial charge in [0.1, 0.15) is 5.82 Å². The minimum absolute atomic E-state index is 0.0102. The fourth-order valence-corrected chi connectivity index (χ4v) is 2.55. The zero-order valence-corrected chi connectivity index (χ0v) is 12.0. The number of piperazine rings is 1. The van der Waals surface area contributed by atoms with E-state index in [-0.39, 0.29) is 11.7 Å². The Kier molecular flexibility index (Phi) is 3.88. The van der Waals surface area contributed by atoms with Crippen LogP contribution in [0.5, 0.6) is 0 Å². The first-order valence-electron chi connectivity index (χ1n) is 7.09. The van der Waals surface area contributed by atoms with Gasteiger partial charge in [0.2, 0.25) is 6.10 Å². The largest absolute Gasteiger partial charge is 0.382 e. The van der Waals surface area contributed by atoms with Gasteiger partial charge in [-0.1, -0.05) is 17.3 Å². The van der Waals surface area contributed by atoms with E-state index in [1.54, 1.807) is 12.1 Å². The fourth-order valence-electron chi connectivity index (χ4n) is 2.55. The van der Waals surface area contributed by atoms with Crippen LogP contribution in [-0.2, 0) is 9.63 Å². The van der Waals surface area contributed by atoms with Crippen molar-refractivity contribution >= 4 is 11.6 Å². The van der Waals surface area contributed by atoms with E-state index in [9.17, 15) is 9.18 Å². The molecule has 1 aromatic rings. The monoisotopic (exact) mass is 291 g/mol. The summed E-state index contributed by atoms with van der Waals surface area (Å²) in [6, 6.07) is 6.07. The highest BCUT2D eigenvalue weighted by Gasteiger charge is 2.33. The van der Waals surface area contributed by atoms with Crippen molar-refractivity contribution in [3.63, 3.8) is 0 Å². The number of nitrogens with zero attached hydrogens (tertiary/aromatic N) is 3. The van der Waals surface area contributed by atoms with Crippen molar-refractivity contribution in [2.75, 3.05) is 33.2 Å². The molecule has 1 atom stereocenters. The molecule has 112 valence electrons. The van der Waals surface area contributed by atoms with Crippen LogP contribution in [0.1, 0.15) is 12.0 Å². The summed E-state index contributed by atoms with van der Waals surface area (Å²) in [5, 5.41) is 3.98. The zero-order valence-electron chi connectivity index (χ0n) is 12.0. The molecule has 6 heteroatoms. The van der Waals surface area contributed by atoms with E-state index < -0.39 is 6.10 Å². The molecule has 0 saturated carbocycles. The van der Waals surface area contributed by atoms with Gasteiger partial charge in [-0.25, -0.2) is 4.39 Å². The maximum absolute atomic E-state index is 12.9. The SMILES string of the molecule is CN1CCN(C(=O)[C@H]2CC(c3ccc(F)cc3)=NO2)CC1. The molecule has 0 N–H and O–H groups in total. The number of hydrogen-bond donors (Lipinski definition) is 0. The van der Waals surface area contributed by atoms with Crippen molar-refractivity contribution < 1.29 is 14.0 Å². The molecular weight excluding hydrogens is 273 g/mol. The summed E-state index contributed by atoms with van der Waals surface area (Å²) in [6.45, 7) is 3.20. The second-order valence-corrected chi connectivity index (χ2v) is 5.47. The number of hydrogen-bond acceptors (Lipinski definition) is 4. The predicted octanol–water partition coefficient (Wildman–Crippen LogP) is 1.09. The van der Waals surface area contributed by atoms with E-state index in [0.717, 1.165) is 31.7 Å². The van der Waals surface area contributed by atoms with Crippen LogP contribution in [0, 0.1) is 5.82 Å². The quantitative estimate of drug-likeness (QED) is 0.819. The van der Waals surface area contributed by atoms with Gasteiger partial charge in [0.05, 0.1) is 5.71 Å². The number of benzene rings is 1. The van der Waals surface area contributed by atoms with Crippen molar-refractivity contribution in [3.8, 4) is 0 Å². The number of halogens is 1. The first-order valence-corrected chi connectivity index (χ1v) is 7.09. The zero-order chi connectivity index (χ0) is 14.8. The van der Waals surface area contributed by atoms with Gasteiger partial charge in [-0.3, -0.25) is 4.79 Å². The Balaban J connectivity index is 1.60. The second-order valence-electron chi connectivity index (χ2n) is 5.47. The van der Waals surface area contributed by atoms with Gasteiger partial charge in [-0.2, -0.15) is 0 Å². The Morgan fingerprint density at radius 2 is 1.90 bits per heavy atom. The molecule has 0 unspecified atom stereocenters. The number of likely N-dealkylation sites (N-methyl/N-ethyl adjacent to an activating group) is 1. The van der Waals surface area contributed by atoms with E-state index in [0.29, 0.717) is 12.1 Å². The molecule has 2 aliphatic rings. The molecule has 1 fully saturated rings.